The van der Waals surface area contributed by atoms with Crippen LogP contribution < -0.4 is 0 Å². The first-order valence-electron chi connectivity index (χ1n) is 2.61. The highest BCUT2D eigenvalue weighted by atomic mass is 127. The molecule has 0 fully saturated rings. The van der Waals surface area contributed by atoms with Gasteiger partial charge < -0.3 is 0 Å². The fourth-order valence-electron chi connectivity index (χ4n) is 0.564. The Morgan fingerprint density at radius 2 is 2.36 bits per heavy atom. The third-order valence-corrected chi connectivity index (χ3v) is 2.21. The number of pyridine rings is 1. The van der Waals surface area contributed by atoms with Gasteiger partial charge in [0.05, 0.1) is 5.56 Å². The van der Waals surface area contributed by atoms with Crippen molar-refractivity contribution in [2.75, 3.05) is 0 Å². The SMILES string of the molecule is O=Cc1c(I)cnc(Cl)c1F. The van der Waals surface area contributed by atoms with E-state index in [-0.39, 0.29) is 10.7 Å². The van der Waals surface area contributed by atoms with Gasteiger partial charge in [-0.1, -0.05) is 11.6 Å². The van der Waals surface area contributed by atoms with Crippen molar-refractivity contribution in [1.29, 1.82) is 0 Å². The van der Waals surface area contributed by atoms with Crippen LogP contribution in [0.2, 0.25) is 5.15 Å². The number of carbonyl (C=O) groups is 1. The molecule has 0 aromatic carbocycles. The lowest BCUT2D eigenvalue weighted by Gasteiger charge is -1.97. The molecule has 0 aliphatic rings. The predicted molar refractivity (Wildman–Crippen MR) is 47.3 cm³/mol. The van der Waals surface area contributed by atoms with Crippen molar-refractivity contribution in [2.24, 2.45) is 0 Å². The number of halogens is 3. The molecule has 0 saturated carbocycles. The van der Waals surface area contributed by atoms with Crippen LogP contribution in [0, 0.1) is 9.39 Å². The number of aldehydes is 1. The van der Waals surface area contributed by atoms with Gasteiger partial charge in [-0.25, -0.2) is 9.37 Å². The Bertz CT molecular complexity index is 305. The van der Waals surface area contributed by atoms with Gasteiger partial charge in [-0.3, -0.25) is 4.79 Å². The highest BCUT2D eigenvalue weighted by Gasteiger charge is 2.10. The Morgan fingerprint density at radius 3 is 2.82 bits per heavy atom. The normalized spacial score (nSPS) is 9.73. The Balaban J connectivity index is 3.40. The molecule has 1 rings (SSSR count). The molecular weight excluding hydrogens is 283 g/mol. The number of rotatable bonds is 1. The largest absolute Gasteiger partial charge is 0.298 e. The van der Waals surface area contributed by atoms with E-state index in [0.29, 0.717) is 9.86 Å². The van der Waals surface area contributed by atoms with E-state index in [1.165, 1.54) is 6.20 Å². The predicted octanol–water partition coefficient (Wildman–Crippen LogP) is 2.29. The van der Waals surface area contributed by atoms with Gasteiger partial charge in [-0.2, -0.15) is 0 Å². The molecule has 0 unspecified atom stereocenters. The van der Waals surface area contributed by atoms with Gasteiger partial charge in [0.25, 0.3) is 0 Å². The molecule has 0 atom stereocenters. The molecule has 58 valence electrons. The first-order chi connectivity index (χ1) is 5.16. The van der Waals surface area contributed by atoms with Gasteiger partial charge >= 0.3 is 0 Å². The van der Waals surface area contributed by atoms with Crippen molar-refractivity contribution in [2.45, 2.75) is 0 Å². The van der Waals surface area contributed by atoms with Gasteiger partial charge in [-0.15, -0.1) is 0 Å². The van der Waals surface area contributed by atoms with Crippen molar-refractivity contribution in [3.8, 4) is 0 Å². The fourth-order valence-corrected chi connectivity index (χ4v) is 1.22. The molecule has 0 saturated heterocycles. The molecule has 5 heteroatoms. The van der Waals surface area contributed by atoms with E-state index in [1.807, 2.05) is 22.6 Å². The summed E-state index contributed by atoms with van der Waals surface area (Å²) < 4.78 is 13.3. The zero-order chi connectivity index (χ0) is 8.43. The van der Waals surface area contributed by atoms with Crippen LogP contribution in [0.5, 0.6) is 0 Å². The Morgan fingerprint density at radius 1 is 1.73 bits per heavy atom. The van der Waals surface area contributed by atoms with Crippen LogP contribution in [0.25, 0.3) is 0 Å². The maximum atomic E-state index is 12.8. The second kappa shape index (κ2) is 3.44. The Kier molecular flexibility index (Phi) is 2.78. The number of hydrogen-bond donors (Lipinski definition) is 0. The van der Waals surface area contributed by atoms with Crippen molar-refractivity contribution in [1.82, 2.24) is 4.98 Å². The maximum absolute atomic E-state index is 12.8. The molecule has 0 N–H and O–H groups in total. The monoisotopic (exact) mass is 285 g/mol. The summed E-state index contributed by atoms with van der Waals surface area (Å²) in [5.41, 5.74) is -0.0365. The molecule has 0 bridgehead atoms. The summed E-state index contributed by atoms with van der Waals surface area (Å²) in [6.07, 6.45) is 1.76. The zero-order valence-electron chi connectivity index (χ0n) is 5.14. The zero-order valence-corrected chi connectivity index (χ0v) is 8.06. The minimum absolute atomic E-state index is 0.0365. The molecule has 0 amide bonds. The van der Waals surface area contributed by atoms with Crippen LogP contribution in [-0.4, -0.2) is 11.3 Å². The summed E-state index contributed by atoms with van der Waals surface area (Å²) in [5.74, 6) is -0.756. The molecule has 0 aliphatic heterocycles. The third-order valence-electron chi connectivity index (χ3n) is 1.08. The minimum atomic E-state index is -0.756. The molecule has 0 radical (unpaired) electrons. The molecule has 11 heavy (non-hydrogen) atoms. The van der Waals surface area contributed by atoms with Crippen LogP contribution in [0.1, 0.15) is 10.4 Å². The minimum Gasteiger partial charge on any atom is -0.298 e. The van der Waals surface area contributed by atoms with E-state index in [4.69, 9.17) is 11.6 Å². The van der Waals surface area contributed by atoms with Crippen LogP contribution in [0.15, 0.2) is 6.20 Å². The van der Waals surface area contributed by atoms with E-state index < -0.39 is 5.82 Å². The second-order valence-corrected chi connectivity index (χ2v) is 3.26. The molecule has 1 aromatic rings. The summed E-state index contributed by atoms with van der Waals surface area (Å²) in [7, 11) is 0. The molecule has 1 aromatic heterocycles. The van der Waals surface area contributed by atoms with E-state index in [9.17, 15) is 9.18 Å². The van der Waals surface area contributed by atoms with E-state index in [1.54, 1.807) is 0 Å². The van der Waals surface area contributed by atoms with Crippen molar-refractivity contribution in [3.05, 3.63) is 26.3 Å². The number of aromatic nitrogens is 1. The number of carbonyl (C=O) groups excluding carboxylic acids is 1. The smallest absolute Gasteiger partial charge is 0.172 e. The topological polar surface area (TPSA) is 30.0 Å². The first-order valence-corrected chi connectivity index (χ1v) is 4.07. The van der Waals surface area contributed by atoms with E-state index >= 15 is 0 Å². The van der Waals surface area contributed by atoms with Gasteiger partial charge in [0.15, 0.2) is 17.3 Å². The lowest BCUT2D eigenvalue weighted by atomic mass is 10.3. The van der Waals surface area contributed by atoms with Gasteiger partial charge in [0, 0.05) is 9.77 Å². The fraction of sp³-hybridized carbons (Fsp3) is 0. The van der Waals surface area contributed by atoms with E-state index in [0.717, 1.165) is 0 Å². The molecule has 0 aliphatic carbocycles. The highest BCUT2D eigenvalue weighted by Crippen LogP contribution is 2.18. The summed E-state index contributed by atoms with van der Waals surface area (Å²) >= 11 is 7.13. The van der Waals surface area contributed by atoms with Crippen molar-refractivity contribution in [3.63, 3.8) is 0 Å². The van der Waals surface area contributed by atoms with Crippen LogP contribution >= 0.6 is 34.2 Å². The van der Waals surface area contributed by atoms with Gasteiger partial charge in [0.1, 0.15) is 0 Å². The lowest BCUT2D eigenvalue weighted by molar-refractivity contribution is 0.111. The number of nitrogens with zero attached hydrogens (tertiary/aromatic N) is 1. The standard InChI is InChI=1S/C6H2ClFINO/c7-6-5(8)3(2-11)4(9)1-10-6/h1-2H. The lowest BCUT2D eigenvalue weighted by Crippen LogP contribution is -1.95. The van der Waals surface area contributed by atoms with E-state index in [2.05, 4.69) is 4.98 Å². The molecule has 0 spiro atoms. The molecule has 2 nitrogen and oxygen atoms in total. The first kappa shape index (κ1) is 8.86. The van der Waals surface area contributed by atoms with Gasteiger partial charge in [-0.05, 0) is 22.6 Å². The molecular formula is C6H2ClFINO. The maximum Gasteiger partial charge on any atom is 0.172 e. The average Bonchev–Trinajstić information content (AvgIpc) is 1.99. The Labute approximate surface area is 80.9 Å². The van der Waals surface area contributed by atoms with Gasteiger partial charge in [0.2, 0.25) is 0 Å². The highest BCUT2D eigenvalue weighted by molar-refractivity contribution is 14.1. The summed E-state index contributed by atoms with van der Waals surface area (Å²) in [6.45, 7) is 0. The average molecular weight is 285 g/mol. The Hall–Kier alpha value is -0.230. The third kappa shape index (κ3) is 1.67. The van der Waals surface area contributed by atoms with Crippen LogP contribution in [0.3, 0.4) is 0 Å². The second-order valence-electron chi connectivity index (χ2n) is 1.74. The van der Waals surface area contributed by atoms with Crippen LogP contribution in [-0.2, 0) is 0 Å². The molecule has 1 heterocycles. The quantitative estimate of drug-likeness (QED) is 0.450. The van der Waals surface area contributed by atoms with Crippen LogP contribution in [0.4, 0.5) is 4.39 Å². The summed E-state index contributed by atoms with van der Waals surface area (Å²) in [4.78, 5) is 13.8. The summed E-state index contributed by atoms with van der Waals surface area (Å²) in [5, 5.41) is -0.271. The van der Waals surface area contributed by atoms with Crippen molar-refractivity contribution < 1.29 is 9.18 Å². The summed E-state index contributed by atoms with van der Waals surface area (Å²) in [6, 6.07) is 0. The van der Waals surface area contributed by atoms with Crippen molar-refractivity contribution >= 4 is 40.5 Å². The number of hydrogen-bond acceptors (Lipinski definition) is 2.